The van der Waals surface area contributed by atoms with Crippen LogP contribution in [0.3, 0.4) is 0 Å². The lowest BCUT2D eigenvalue weighted by atomic mass is 9.47. The van der Waals surface area contributed by atoms with Crippen molar-refractivity contribution in [1.29, 1.82) is 0 Å². The van der Waals surface area contributed by atoms with E-state index in [0.717, 1.165) is 46.6 Å². The lowest BCUT2D eigenvalue weighted by molar-refractivity contribution is -0.161. The maximum absolute atomic E-state index is 13.3. The van der Waals surface area contributed by atoms with Gasteiger partial charge in [0.05, 0.1) is 36.3 Å². The standard InChI is InChI=1S/C25H24BrClN2O3/c1-32-24(31)17-11-25(12-17)9-16(10-25)8-22(30)19-6-7-21(27)20-13-28-29(23(19)20)14-15-2-4-18(26)5-3-15/h2-7,13,16-17H,8-12,14H2,1H3. The molecule has 0 atom stereocenters. The van der Waals surface area contributed by atoms with Crippen molar-refractivity contribution in [3.63, 3.8) is 0 Å². The Balaban J connectivity index is 1.31. The first-order valence-electron chi connectivity index (χ1n) is 10.9. The van der Waals surface area contributed by atoms with Crippen LogP contribution >= 0.6 is 27.5 Å². The molecule has 2 fully saturated rings. The molecule has 0 unspecified atom stereocenters. The van der Waals surface area contributed by atoms with Gasteiger partial charge < -0.3 is 4.74 Å². The van der Waals surface area contributed by atoms with E-state index in [1.165, 1.54) is 7.11 Å². The number of halogens is 2. The number of rotatable bonds is 6. The zero-order valence-electron chi connectivity index (χ0n) is 17.8. The van der Waals surface area contributed by atoms with Crippen molar-refractivity contribution in [1.82, 2.24) is 9.78 Å². The second-order valence-corrected chi connectivity index (χ2v) is 10.6. The van der Waals surface area contributed by atoms with Gasteiger partial charge in [0.1, 0.15) is 0 Å². The van der Waals surface area contributed by atoms with Crippen LogP contribution in [-0.4, -0.2) is 28.6 Å². The molecular formula is C25H24BrClN2O3. The smallest absolute Gasteiger partial charge is 0.308 e. The molecule has 7 heteroatoms. The Labute approximate surface area is 200 Å². The fourth-order valence-electron chi connectivity index (χ4n) is 5.61. The average Bonchev–Trinajstić information content (AvgIpc) is 3.14. The first-order valence-corrected chi connectivity index (χ1v) is 12.0. The third kappa shape index (κ3) is 3.88. The molecule has 3 aromatic rings. The zero-order valence-corrected chi connectivity index (χ0v) is 20.2. The number of hydrogen-bond acceptors (Lipinski definition) is 4. The van der Waals surface area contributed by atoms with Gasteiger partial charge in [0, 0.05) is 21.8 Å². The van der Waals surface area contributed by atoms with Gasteiger partial charge in [0.15, 0.2) is 5.78 Å². The van der Waals surface area contributed by atoms with Crippen molar-refractivity contribution < 1.29 is 14.3 Å². The third-order valence-corrected chi connectivity index (χ3v) is 7.96. The molecule has 1 aromatic heterocycles. The van der Waals surface area contributed by atoms with Crippen LogP contribution in [0.2, 0.25) is 5.02 Å². The molecule has 0 aliphatic heterocycles. The zero-order chi connectivity index (χ0) is 22.5. The maximum Gasteiger partial charge on any atom is 0.308 e. The summed E-state index contributed by atoms with van der Waals surface area (Å²) in [5.74, 6) is 0.445. The lowest BCUT2D eigenvalue weighted by Crippen LogP contribution is -2.50. The molecule has 1 heterocycles. The Hall–Kier alpha value is -2.18. The minimum Gasteiger partial charge on any atom is -0.469 e. The number of ether oxygens (including phenoxy) is 1. The van der Waals surface area contributed by atoms with Crippen molar-refractivity contribution in [3.8, 4) is 0 Å². The molecule has 32 heavy (non-hydrogen) atoms. The van der Waals surface area contributed by atoms with E-state index in [1.54, 1.807) is 12.3 Å². The summed E-state index contributed by atoms with van der Waals surface area (Å²) >= 11 is 9.88. The predicted octanol–water partition coefficient (Wildman–Crippen LogP) is 6.05. The van der Waals surface area contributed by atoms with Crippen LogP contribution in [0.1, 0.15) is 48.0 Å². The number of nitrogens with zero attached hydrogens (tertiary/aromatic N) is 2. The fourth-order valence-corrected chi connectivity index (χ4v) is 6.08. The fraction of sp³-hybridized carbons (Fsp3) is 0.400. The first kappa shape index (κ1) is 21.7. The van der Waals surface area contributed by atoms with Crippen LogP contribution < -0.4 is 0 Å². The van der Waals surface area contributed by atoms with Crippen molar-refractivity contribution in [3.05, 3.63) is 63.2 Å². The van der Waals surface area contributed by atoms with Crippen LogP contribution in [0.15, 0.2) is 47.1 Å². The molecule has 0 amide bonds. The highest BCUT2D eigenvalue weighted by molar-refractivity contribution is 9.10. The average molecular weight is 516 g/mol. The normalized spacial score (nSPS) is 24.2. The molecule has 0 saturated heterocycles. The molecule has 5 nitrogen and oxygen atoms in total. The summed E-state index contributed by atoms with van der Waals surface area (Å²) in [5, 5.41) is 5.94. The molecule has 166 valence electrons. The maximum atomic E-state index is 13.3. The van der Waals surface area contributed by atoms with Gasteiger partial charge in [-0.3, -0.25) is 14.3 Å². The summed E-state index contributed by atoms with van der Waals surface area (Å²) in [6, 6.07) is 11.7. The number of benzene rings is 2. The first-order chi connectivity index (χ1) is 15.4. The van der Waals surface area contributed by atoms with Crippen molar-refractivity contribution in [2.45, 2.75) is 38.6 Å². The number of Topliss-reactive ketones (excluding diaryl/α,β-unsaturated/α-hetero) is 1. The summed E-state index contributed by atoms with van der Waals surface area (Å²) in [6.07, 6.45) is 6.09. The molecule has 5 rings (SSSR count). The molecule has 1 spiro atoms. The van der Waals surface area contributed by atoms with Gasteiger partial charge in [-0.05, 0) is 66.8 Å². The number of ketones is 1. The molecule has 2 aliphatic rings. The summed E-state index contributed by atoms with van der Waals surface area (Å²) in [6.45, 7) is 0.568. The summed E-state index contributed by atoms with van der Waals surface area (Å²) in [4.78, 5) is 25.0. The molecule has 2 aromatic carbocycles. The predicted molar refractivity (Wildman–Crippen MR) is 127 cm³/mol. The number of carbonyl (C=O) groups excluding carboxylic acids is 2. The summed E-state index contributed by atoms with van der Waals surface area (Å²) in [5.41, 5.74) is 2.83. The second-order valence-electron chi connectivity index (χ2n) is 9.32. The van der Waals surface area contributed by atoms with E-state index in [4.69, 9.17) is 16.3 Å². The van der Waals surface area contributed by atoms with Crippen LogP contribution in [0.25, 0.3) is 10.9 Å². The Morgan fingerprint density at radius 1 is 1.16 bits per heavy atom. The van der Waals surface area contributed by atoms with Crippen LogP contribution in [0.5, 0.6) is 0 Å². The van der Waals surface area contributed by atoms with Crippen molar-refractivity contribution >= 4 is 50.2 Å². The molecule has 2 aliphatic carbocycles. The van der Waals surface area contributed by atoms with Gasteiger partial charge >= 0.3 is 5.97 Å². The topological polar surface area (TPSA) is 61.2 Å². The Kier molecular flexibility index (Phi) is 5.62. The number of carbonyl (C=O) groups is 2. The van der Waals surface area contributed by atoms with E-state index in [1.807, 2.05) is 35.0 Å². The van der Waals surface area contributed by atoms with Crippen LogP contribution in [0.4, 0.5) is 0 Å². The number of fused-ring (bicyclic) bond motifs is 1. The Bertz CT molecular complexity index is 1190. The minimum absolute atomic E-state index is 0.0421. The van der Waals surface area contributed by atoms with Gasteiger partial charge in [0.2, 0.25) is 0 Å². The monoisotopic (exact) mass is 514 g/mol. The molecule has 2 saturated carbocycles. The van der Waals surface area contributed by atoms with Gasteiger partial charge in [0.25, 0.3) is 0 Å². The molecule has 0 bridgehead atoms. The number of aromatic nitrogens is 2. The Morgan fingerprint density at radius 3 is 2.56 bits per heavy atom. The largest absolute Gasteiger partial charge is 0.469 e. The number of hydrogen-bond donors (Lipinski definition) is 0. The van der Waals surface area contributed by atoms with E-state index < -0.39 is 0 Å². The van der Waals surface area contributed by atoms with E-state index in [2.05, 4.69) is 21.0 Å². The van der Waals surface area contributed by atoms with Crippen LogP contribution in [0, 0.1) is 17.3 Å². The van der Waals surface area contributed by atoms with Gasteiger partial charge in [-0.15, -0.1) is 0 Å². The molecular weight excluding hydrogens is 492 g/mol. The third-order valence-electron chi connectivity index (χ3n) is 7.10. The highest BCUT2D eigenvalue weighted by Gasteiger charge is 2.55. The number of methoxy groups -OCH3 is 1. The second kappa shape index (κ2) is 8.31. The number of esters is 1. The van der Waals surface area contributed by atoms with E-state index >= 15 is 0 Å². The molecule has 0 radical (unpaired) electrons. The van der Waals surface area contributed by atoms with E-state index in [0.29, 0.717) is 29.5 Å². The Morgan fingerprint density at radius 2 is 1.88 bits per heavy atom. The summed E-state index contributed by atoms with van der Waals surface area (Å²) < 4.78 is 7.74. The lowest BCUT2D eigenvalue weighted by Gasteiger charge is -2.57. The van der Waals surface area contributed by atoms with E-state index in [9.17, 15) is 9.59 Å². The van der Waals surface area contributed by atoms with Crippen LogP contribution in [-0.2, 0) is 16.1 Å². The van der Waals surface area contributed by atoms with Gasteiger partial charge in [-0.2, -0.15) is 5.10 Å². The minimum atomic E-state index is -0.0993. The highest BCUT2D eigenvalue weighted by atomic mass is 79.9. The van der Waals surface area contributed by atoms with Crippen molar-refractivity contribution in [2.24, 2.45) is 17.3 Å². The highest BCUT2D eigenvalue weighted by Crippen LogP contribution is 2.62. The van der Waals surface area contributed by atoms with Crippen molar-refractivity contribution in [2.75, 3.05) is 7.11 Å². The summed E-state index contributed by atoms with van der Waals surface area (Å²) in [7, 11) is 1.45. The van der Waals surface area contributed by atoms with Gasteiger partial charge in [-0.1, -0.05) is 39.7 Å². The SMILES string of the molecule is COC(=O)C1CC2(CC(CC(=O)c3ccc(Cl)c4cnn(Cc5ccc(Br)cc5)c34)C2)C1. The van der Waals surface area contributed by atoms with E-state index in [-0.39, 0.29) is 23.1 Å². The quantitative estimate of drug-likeness (QED) is 0.296. The molecule has 0 N–H and O–H groups in total. The van der Waals surface area contributed by atoms with Gasteiger partial charge in [-0.25, -0.2) is 0 Å².